The van der Waals surface area contributed by atoms with Gasteiger partial charge >= 0.3 is 6.03 Å². The van der Waals surface area contributed by atoms with Gasteiger partial charge in [0.25, 0.3) is 0 Å². The van der Waals surface area contributed by atoms with Crippen molar-refractivity contribution < 1.29 is 14.3 Å². The van der Waals surface area contributed by atoms with Crippen molar-refractivity contribution >= 4 is 11.7 Å². The molecule has 1 heterocycles. The average molecular weight is 326 g/mol. The molecule has 1 aliphatic heterocycles. The Kier molecular flexibility index (Phi) is 4.89. The summed E-state index contributed by atoms with van der Waals surface area (Å²) in [6.07, 6.45) is 0.964. The minimum Gasteiger partial charge on any atom is -0.497 e. The van der Waals surface area contributed by atoms with Crippen LogP contribution in [0.5, 0.6) is 11.5 Å². The lowest BCUT2D eigenvalue weighted by molar-refractivity contribution is 0.222. The summed E-state index contributed by atoms with van der Waals surface area (Å²) in [7, 11) is 3.26. The first-order valence-corrected chi connectivity index (χ1v) is 8.04. The van der Waals surface area contributed by atoms with Crippen LogP contribution >= 0.6 is 0 Å². The number of methoxy groups -OCH3 is 2. The number of para-hydroxylation sites is 2. The highest BCUT2D eigenvalue weighted by molar-refractivity contribution is 5.91. The fourth-order valence-electron chi connectivity index (χ4n) is 3.04. The number of likely N-dealkylation sites (tertiary alicyclic amines) is 1. The molecule has 0 spiro atoms. The Hall–Kier alpha value is -2.69. The van der Waals surface area contributed by atoms with Crippen LogP contribution in [0.1, 0.15) is 17.9 Å². The van der Waals surface area contributed by atoms with E-state index in [0.29, 0.717) is 23.9 Å². The Morgan fingerprint density at radius 1 is 1.08 bits per heavy atom. The third kappa shape index (κ3) is 3.45. The molecule has 1 fully saturated rings. The summed E-state index contributed by atoms with van der Waals surface area (Å²) in [6, 6.07) is 15.4. The SMILES string of the molecule is COc1ccc(C2CCN(C(=O)Nc3ccccc3OC)C2)cc1. The van der Waals surface area contributed by atoms with Crippen LogP contribution in [0.15, 0.2) is 48.5 Å². The van der Waals surface area contributed by atoms with Crippen LogP contribution in [0.25, 0.3) is 0 Å². The van der Waals surface area contributed by atoms with E-state index >= 15 is 0 Å². The summed E-state index contributed by atoms with van der Waals surface area (Å²) in [5, 5.41) is 2.94. The number of anilines is 1. The molecule has 5 nitrogen and oxygen atoms in total. The number of carbonyl (C=O) groups excluding carboxylic acids is 1. The van der Waals surface area contributed by atoms with Crippen molar-refractivity contribution in [2.75, 3.05) is 32.6 Å². The maximum absolute atomic E-state index is 12.5. The lowest BCUT2D eigenvalue weighted by Gasteiger charge is -2.18. The van der Waals surface area contributed by atoms with Gasteiger partial charge in [-0.1, -0.05) is 24.3 Å². The van der Waals surface area contributed by atoms with Crippen molar-refractivity contribution in [3.63, 3.8) is 0 Å². The molecule has 1 aliphatic rings. The monoisotopic (exact) mass is 326 g/mol. The molecule has 1 unspecified atom stereocenters. The van der Waals surface area contributed by atoms with Crippen LogP contribution in [-0.2, 0) is 0 Å². The van der Waals surface area contributed by atoms with Crippen molar-refractivity contribution in [1.29, 1.82) is 0 Å². The molecule has 24 heavy (non-hydrogen) atoms. The van der Waals surface area contributed by atoms with Crippen molar-refractivity contribution in [3.05, 3.63) is 54.1 Å². The second-order valence-electron chi connectivity index (χ2n) is 5.84. The van der Waals surface area contributed by atoms with Gasteiger partial charge in [0.15, 0.2) is 0 Å². The number of hydrogen-bond donors (Lipinski definition) is 1. The van der Waals surface area contributed by atoms with E-state index in [2.05, 4.69) is 17.4 Å². The van der Waals surface area contributed by atoms with E-state index in [1.165, 1.54) is 5.56 Å². The summed E-state index contributed by atoms with van der Waals surface area (Å²) < 4.78 is 10.5. The highest BCUT2D eigenvalue weighted by atomic mass is 16.5. The van der Waals surface area contributed by atoms with Gasteiger partial charge in [0, 0.05) is 19.0 Å². The van der Waals surface area contributed by atoms with Gasteiger partial charge in [-0.2, -0.15) is 0 Å². The minimum atomic E-state index is -0.0875. The Morgan fingerprint density at radius 2 is 1.83 bits per heavy atom. The van der Waals surface area contributed by atoms with Crippen LogP contribution in [-0.4, -0.2) is 38.2 Å². The summed E-state index contributed by atoms with van der Waals surface area (Å²) >= 11 is 0. The Balaban J connectivity index is 1.63. The van der Waals surface area contributed by atoms with Gasteiger partial charge in [0.2, 0.25) is 0 Å². The first-order chi connectivity index (χ1) is 11.7. The number of ether oxygens (including phenoxy) is 2. The number of nitrogens with zero attached hydrogens (tertiary/aromatic N) is 1. The predicted molar refractivity (Wildman–Crippen MR) is 93.9 cm³/mol. The number of amides is 2. The maximum Gasteiger partial charge on any atom is 0.321 e. The highest BCUT2D eigenvalue weighted by Gasteiger charge is 2.27. The molecule has 2 amide bonds. The quantitative estimate of drug-likeness (QED) is 0.931. The summed E-state index contributed by atoms with van der Waals surface area (Å²) in [4.78, 5) is 14.3. The molecule has 0 aromatic heterocycles. The molecular formula is C19H22N2O3. The third-order valence-corrected chi connectivity index (χ3v) is 4.41. The van der Waals surface area contributed by atoms with Gasteiger partial charge in [0.1, 0.15) is 11.5 Å². The molecule has 2 aromatic carbocycles. The number of rotatable bonds is 4. The second kappa shape index (κ2) is 7.25. The Bertz CT molecular complexity index is 700. The zero-order chi connectivity index (χ0) is 16.9. The maximum atomic E-state index is 12.5. The predicted octanol–water partition coefficient (Wildman–Crippen LogP) is 3.73. The van der Waals surface area contributed by atoms with Gasteiger partial charge in [-0.15, -0.1) is 0 Å². The first-order valence-electron chi connectivity index (χ1n) is 8.04. The van der Waals surface area contributed by atoms with Crippen molar-refractivity contribution in [3.8, 4) is 11.5 Å². The van der Waals surface area contributed by atoms with Crippen LogP contribution in [0.4, 0.5) is 10.5 Å². The van der Waals surface area contributed by atoms with E-state index in [0.717, 1.165) is 18.7 Å². The molecule has 0 saturated carbocycles. The molecule has 1 N–H and O–H groups in total. The molecule has 126 valence electrons. The summed E-state index contributed by atoms with van der Waals surface area (Å²) in [5.41, 5.74) is 1.93. The zero-order valence-corrected chi connectivity index (χ0v) is 14.0. The lowest BCUT2D eigenvalue weighted by Crippen LogP contribution is -2.32. The first kappa shape index (κ1) is 16.2. The minimum absolute atomic E-state index is 0.0875. The number of hydrogen-bond acceptors (Lipinski definition) is 3. The van der Waals surface area contributed by atoms with Gasteiger partial charge < -0.3 is 19.7 Å². The Morgan fingerprint density at radius 3 is 2.54 bits per heavy atom. The van der Waals surface area contributed by atoms with E-state index < -0.39 is 0 Å². The molecule has 1 atom stereocenters. The molecule has 5 heteroatoms. The van der Waals surface area contributed by atoms with E-state index in [1.807, 2.05) is 41.3 Å². The molecule has 1 saturated heterocycles. The molecule has 0 bridgehead atoms. The largest absolute Gasteiger partial charge is 0.497 e. The number of urea groups is 1. The van der Waals surface area contributed by atoms with E-state index in [1.54, 1.807) is 14.2 Å². The van der Waals surface area contributed by atoms with Crippen LogP contribution in [0.2, 0.25) is 0 Å². The van der Waals surface area contributed by atoms with Gasteiger partial charge in [-0.05, 0) is 36.2 Å². The van der Waals surface area contributed by atoms with E-state index in [-0.39, 0.29) is 6.03 Å². The zero-order valence-electron chi connectivity index (χ0n) is 14.0. The Labute approximate surface area is 142 Å². The number of carbonyl (C=O) groups is 1. The van der Waals surface area contributed by atoms with Crippen molar-refractivity contribution in [2.24, 2.45) is 0 Å². The lowest BCUT2D eigenvalue weighted by atomic mass is 9.98. The third-order valence-electron chi connectivity index (χ3n) is 4.41. The van der Waals surface area contributed by atoms with Crippen LogP contribution < -0.4 is 14.8 Å². The number of benzene rings is 2. The molecule has 3 rings (SSSR count). The van der Waals surface area contributed by atoms with Crippen molar-refractivity contribution in [2.45, 2.75) is 12.3 Å². The molecule has 2 aromatic rings. The fraction of sp³-hybridized carbons (Fsp3) is 0.316. The smallest absolute Gasteiger partial charge is 0.321 e. The number of nitrogens with one attached hydrogen (secondary N) is 1. The summed E-state index contributed by atoms with van der Waals surface area (Å²) in [6.45, 7) is 1.46. The average Bonchev–Trinajstić information content (AvgIpc) is 3.12. The standard InChI is InChI=1S/C19H22N2O3/c1-23-16-9-7-14(8-10-16)15-11-12-21(13-15)19(22)20-17-5-3-4-6-18(17)24-2/h3-10,15H,11-13H2,1-2H3,(H,20,22). The molecule has 0 radical (unpaired) electrons. The normalized spacial score (nSPS) is 16.8. The van der Waals surface area contributed by atoms with E-state index in [4.69, 9.17) is 9.47 Å². The van der Waals surface area contributed by atoms with Crippen LogP contribution in [0.3, 0.4) is 0 Å². The summed E-state index contributed by atoms with van der Waals surface area (Å²) in [5.74, 6) is 1.87. The molecular weight excluding hydrogens is 304 g/mol. The van der Waals surface area contributed by atoms with Gasteiger partial charge in [0.05, 0.1) is 19.9 Å². The van der Waals surface area contributed by atoms with E-state index in [9.17, 15) is 4.79 Å². The highest BCUT2D eigenvalue weighted by Crippen LogP contribution is 2.30. The molecule has 0 aliphatic carbocycles. The second-order valence-corrected chi connectivity index (χ2v) is 5.84. The topological polar surface area (TPSA) is 50.8 Å². The van der Waals surface area contributed by atoms with Crippen molar-refractivity contribution in [1.82, 2.24) is 4.90 Å². The fourth-order valence-corrected chi connectivity index (χ4v) is 3.04. The van der Waals surface area contributed by atoms with Gasteiger partial charge in [-0.25, -0.2) is 4.79 Å². The van der Waals surface area contributed by atoms with Crippen LogP contribution in [0, 0.1) is 0 Å². The van der Waals surface area contributed by atoms with Gasteiger partial charge in [-0.3, -0.25) is 0 Å².